The number of sulfonamides is 1. The Labute approximate surface area is 133 Å². The standard InChI is InChI=1S/C15H26N2O2S2/c1-3-17-21(18,19)15-11-7-6-10-14(15)16-12-8-4-5-9-13-20-2/h6-7,10-11,16-17H,3-5,8-9,12-13H2,1-2H3. The van der Waals surface area contributed by atoms with Crippen LogP contribution in [0.2, 0.25) is 0 Å². The maximum absolute atomic E-state index is 12.1. The highest BCUT2D eigenvalue weighted by Crippen LogP contribution is 2.20. The summed E-state index contributed by atoms with van der Waals surface area (Å²) >= 11 is 1.88. The van der Waals surface area contributed by atoms with Crippen molar-refractivity contribution in [2.24, 2.45) is 0 Å². The fraction of sp³-hybridized carbons (Fsp3) is 0.600. The summed E-state index contributed by atoms with van der Waals surface area (Å²) < 4.78 is 26.7. The number of hydrogen-bond donors (Lipinski definition) is 2. The first kappa shape index (κ1) is 18.3. The molecular formula is C15H26N2O2S2. The van der Waals surface area contributed by atoms with E-state index in [1.165, 1.54) is 25.0 Å². The second kappa shape index (κ2) is 10.1. The second-order valence-corrected chi connectivity index (χ2v) is 7.55. The molecule has 0 radical (unpaired) electrons. The zero-order valence-electron chi connectivity index (χ0n) is 12.9. The summed E-state index contributed by atoms with van der Waals surface area (Å²) in [4.78, 5) is 0.328. The molecule has 0 unspecified atom stereocenters. The van der Waals surface area contributed by atoms with Crippen molar-refractivity contribution in [3.05, 3.63) is 24.3 Å². The van der Waals surface area contributed by atoms with Gasteiger partial charge < -0.3 is 5.32 Å². The third kappa shape index (κ3) is 6.72. The van der Waals surface area contributed by atoms with E-state index < -0.39 is 10.0 Å². The molecule has 0 heterocycles. The highest BCUT2D eigenvalue weighted by atomic mass is 32.2. The van der Waals surface area contributed by atoms with E-state index in [9.17, 15) is 8.42 Å². The number of anilines is 1. The molecular weight excluding hydrogens is 304 g/mol. The van der Waals surface area contributed by atoms with Crippen LogP contribution >= 0.6 is 11.8 Å². The van der Waals surface area contributed by atoms with Gasteiger partial charge in [-0.2, -0.15) is 11.8 Å². The van der Waals surface area contributed by atoms with Gasteiger partial charge in [-0.05, 0) is 37.0 Å². The number of para-hydroxylation sites is 1. The minimum Gasteiger partial charge on any atom is -0.384 e. The van der Waals surface area contributed by atoms with Gasteiger partial charge in [0.1, 0.15) is 4.90 Å². The van der Waals surface area contributed by atoms with Crippen molar-refractivity contribution < 1.29 is 8.42 Å². The quantitative estimate of drug-likeness (QED) is 0.611. The minimum absolute atomic E-state index is 0.328. The summed E-state index contributed by atoms with van der Waals surface area (Å²) in [6.45, 7) is 2.98. The Bertz CT molecular complexity index is 504. The molecule has 0 saturated heterocycles. The second-order valence-electron chi connectivity index (χ2n) is 4.83. The van der Waals surface area contributed by atoms with Crippen molar-refractivity contribution in [3.8, 4) is 0 Å². The van der Waals surface area contributed by atoms with Crippen molar-refractivity contribution in [2.45, 2.75) is 37.5 Å². The average molecular weight is 331 g/mol. The first-order chi connectivity index (χ1) is 10.1. The first-order valence-electron chi connectivity index (χ1n) is 7.43. The van der Waals surface area contributed by atoms with Crippen LogP contribution in [0.4, 0.5) is 5.69 Å². The van der Waals surface area contributed by atoms with Gasteiger partial charge in [0.2, 0.25) is 10.0 Å². The minimum atomic E-state index is -3.41. The summed E-state index contributed by atoms with van der Waals surface area (Å²) in [5.41, 5.74) is 0.683. The molecule has 0 saturated carbocycles. The van der Waals surface area contributed by atoms with Gasteiger partial charge in [0, 0.05) is 13.1 Å². The molecule has 1 aromatic carbocycles. The van der Waals surface area contributed by atoms with Crippen LogP contribution in [0.5, 0.6) is 0 Å². The zero-order valence-corrected chi connectivity index (χ0v) is 14.5. The van der Waals surface area contributed by atoms with Crippen molar-refractivity contribution in [1.29, 1.82) is 0 Å². The predicted octanol–water partition coefficient (Wildman–Crippen LogP) is 3.32. The molecule has 0 fully saturated rings. The van der Waals surface area contributed by atoms with Crippen molar-refractivity contribution in [2.75, 3.05) is 30.4 Å². The van der Waals surface area contributed by atoms with E-state index >= 15 is 0 Å². The van der Waals surface area contributed by atoms with E-state index in [1.807, 2.05) is 23.9 Å². The van der Waals surface area contributed by atoms with Crippen molar-refractivity contribution in [1.82, 2.24) is 4.72 Å². The Morgan fingerprint density at radius 3 is 2.52 bits per heavy atom. The monoisotopic (exact) mass is 330 g/mol. The van der Waals surface area contributed by atoms with E-state index in [1.54, 1.807) is 19.1 Å². The topological polar surface area (TPSA) is 58.2 Å². The molecule has 6 heteroatoms. The van der Waals surface area contributed by atoms with E-state index in [0.29, 0.717) is 17.1 Å². The van der Waals surface area contributed by atoms with Crippen molar-refractivity contribution >= 4 is 27.5 Å². The Balaban J connectivity index is 2.49. The van der Waals surface area contributed by atoms with Gasteiger partial charge in [-0.25, -0.2) is 13.1 Å². The van der Waals surface area contributed by atoms with Gasteiger partial charge in [0.05, 0.1) is 5.69 Å². The molecule has 0 spiro atoms. The van der Waals surface area contributed by atoms with Crippen LogP contribution in [-0.4, -0.2) is 33.5 Å². The van der Waals surface area contributed by atoms with Crippen LogP contribution in [0.25, 0.3) is 0 Å². The Morgan fingerprint density at radius 2 is 1.81 bits per heavy atom. The number of nitrogens with one attached hydrogen (secondary N) is 2. The Hall–Kier alpha value is -0.720. The summed E-state index contributed by atoms with van der Waals surface area (Å²) in [6.07, 6.45) is 6.86. The normalized spacial score (nSPS) is 11.5. The molecule has 1 aromatic rings. The molecule has 0 atom stereocenters. The van der Waals surface area contributed by atoms with Gasteiger partial charge >= 0.3 is 0 Å². The molecule has 120 valence electrons. The Morgan fingerprint density at radius 1 is 1.10 bits per heavy atom. The predicted molar refractivity (Wildman–Crippen MR) is 92.6 cm³/mol. The smallest absolute Gasteiger partial charge is 0.242 e. The van der Waals surface area contributed by atoms with E-state index in [-0.39, 0.29) is 0 Å². The number of benzene rings is 1. The molecule has 2 N–H and O–H groups in total. The highest BCUT2D eigenvalue weighted by Gasteiger charge is 2.16. The van der Waals surface area contributed by atoms with Crippen LogP contribution in [0.15, 0.2) is 29.2 Å². The lowest BCUT2D eigenvalue weighted by Crippen LogP contribution is -2.24. The maximum atomic E-state index is 12.1. The zero-order chi connectivity index (χ0) is 15.6. The number of thioether (sulfide) groups is 1. The molecule has 0 aromatic heterocycles. The lowest BCUT2D eigenvalue weighted by molar-refractivity contribution is 0.584. The Kier molecular flexibility index (Phi) is 8.80. The van der Waals surface area contributed by atoms with Gasteiger partial charge in [-0.1, -0.05) is 31.9 Å². The van der Waals surface area contributed by atoms with Crippen LogP contribution < -0.4 is 10.0 Å². The van der Waals surface area contributed by atoms with Gasteiger partial charge in [0.25, 0.3) is 0 Å². The summed E-state index contributed by atoms with van der Waals surface area (Å²) in [7, 11) is -3.41. The lowest BCUT2D eigenvalue weighted by Gasteiger charge is -2.12. The van der Waals surface area contributed by atoms with Gasteiger partial charge in [-0.3, -0.25) is 0 Å². The fourth-order valence-electron chi connectivity index (χ4n) is 2.06. The largest absolute Gasteiger partial charge is 0.384 e. The lowest BCUT2D eigenvalue weighted by atomic mass is 10.2. The number of hydrogen-bond acceptors (Lipinski definition) is 4. The molecule has 4 nitrogen and oxygen atoms in total. The van der Waals surface area contributed by atoms with E-state index in [0.717, 1.165) is 13.0 Å². The third-order valence-corrected chi connectivity index (χ3v) is 5.40. The molecule has 0 aliphatic carbocycles. The van der Waals surface area contributed by atoms with Crippen LogP contribution in [0.3, 0.4) is 0 Å². The third-order valence-electron chi connectivity index (χ3n) is 3.10. The van der Waals surface area contributed by atoms with Crippen LogP contribution in [0.1, 0.15) is 32.6 Å². The maximum Gasteiger partial charge on any atom is 0.242 e. The summed E-state index contributed by atoms with van der Waals surface area (Å²) in [5.74, 6) is 1.22. The number of rotatable bonds is 11. The fourth-order valence-corrected chi connectivity index (χ4v) is 3.78. The number of unbranched alkanes of at least 4 members (excludes halogenated alkanes) is 3. The molecule has 0 aliphatic rings. The molecule has 1 rings (SSSR count). The highest BCUT2D eigenvalue weighted by molar-refractivity contribution is 7.98. The average Bonchev–Trinajstić information content (AvgIpc) is 2.46. The molecule has 0 amide bonds. The van der Waals surface area contributed by atoms with E-state index in [4.69, 9.17) is 0 Å². The molecule has 0 aliphatic heterocycles. The molecule has 21 heavy (non-hydrogen) atoms. The summed E-state index contributed by atoms with van der Waals surface area (Å²) in [6, 6.07) is 7.06. The van der Waals surface area contributed by atoms with Crippen LogP contribution in [-0.2, 0) is 10.0 Å². The molecule has 0 bridgehead atoms. The first-order valence-corrected chi connectivity index (χ1v) is 10.3. The van der Waals surface area contributed by atoms with Gasteiger partial charge in [-0.15, -0.1) is 0 Å². The SMILES string of the molecule is CCNS(=O)(=O)c1ccccc1NCCCCCCSC. The summed E-state index contributed by atoms with van der Waals surface area (Å²) in [5, 5.41) is 3.24. The van der Waals surface area contributed by atoms with Crippen LogP contribution in [0, 0.1) is 0 Å². The van der Waals surface area contributed by atoms with E-state index in [2.05, 4.69) is 16.3 Å². The van der Waals surface area contributed by atoms with Gasteiger partial charge in [0.15, 0.2) is 0 Å². The van der Waals surface area contributed by atoms with Crippen molar-refractivity contribution in [3.63, 3.8) is 0 Å².